The van der Waals surface area contributed by atoms with Gasteiger partial charge in [0.1, 0.15) is 18.5 Å². The van der Waals surface area contributed by atoms with Crippen molar-refractivity contribution in [2.24, 2.45) is 0 Å². The summed E-state index contributed by atoms with van der Waals surface area (Å²) in [5, 5.41) is 10.2. The molecule has 0 amide bonds. The third-order valence-corrected chi connectivity index (χ3v) is 4.57. The van der Waals surface area contributed by atoms with Gasteiger partial charge in [-0.25, -0.2) is 0 Å². The third-order valence-electron chi connectivity index (χ3n) is 3.36. The highest BCUT2D eigenvalue weighted by molar-refractivity contribution is 7.16. The van der Waals surface area contributed by atoms with Crippen LogP contribution in [0.25, 0.3) is 0 Å². The van der Waals surface area contributed by atoms with Crippen molar-refractivity contribution in [1.29, 1.82) is 0 Å². The number of thiophene rings is 1. The molecule has 5 heteroatoms. The molecule has 0 aliphatic carbocycles. The molecule has 0 aliphatic heterocycles. The first-order valence-corrected chi connectivity index (χ1v) is 8.60. The molecule has 0 fully saturated rings. The van der Waals surface area contributed by atoms with Gasteiger partial charge < -0.3 is 9.84 Å². The number of hydrogen-bond donors (Lipinski definition) is 1. The summed E-state index contributed by atoms with van der Waals surface area (Å²) in [6.45, 7) is 6.66. The zero-order valence-corrected chi connectivity index (χ0v) is 14.5. The number of ether oxygens (including phenoxy) is 1. The summed E-state index contributed by atoms with van der Waals surface area (Å²) in [6.07, 6.45) is -0.518. The monoisotopic (exact) mass is 339 g/mol. The Morgan fingerprint density at radius 1 is 1.32 bits per heavy atom. The van der Waals surface area contributed by atoms with Crippen molar-refractivity contribution in [3.63, 3.8) is 0 Å². The van der Waals surface area contributed by atoms with Gasteiger partial charge >= 0.3 is 0 Å². The van der Waals surface area contributed by atoms with Crippen LogP contribution in [-0.2, 0) is 6.54 Å². The molecule has 1 atom stereocenters. The van der Waals surface area contributed by atoms with Crippen LogP contribution in [0.3, 0.4) is 0 Å². The van der Waals surface area contributed by atoms with Gasteiger partial charge in [-0.3, -0.25) is 4.90 Å². The van der Waals surface area contributed by atoms with Crippen molar-refractivity contribution >= 4 is 22.9 Å². The molecule has 1 N–H and O–H groups in total. The fraction of sp³-hybridized carbons (Fsp3) is 0.412. The lowest BCUT2D eigenvalue weighted by Gasteiger charge is -2.23. The average Bonchev–Trinajstić information content (AvgIpc) is 2.90. The Morgan fingerprint density at radius 3 is 2.77 bits per heavy atom. The highest BCUT2D eigenvalue weighted by Gasteiger charge is 2.12. The van der Waals surface area contributed by atoms with E-state index in [0.717, 1.165) is 28.7 Å². The number of hydrogen-bond acceptors (Lipinski definition) is 4. The van der Waals surface area contributed by atoms with Gasteiger partial charge in [0, 0.05) is 18.0 Å². The summed E-state index contributed by atoms with van der Waals surface area (Å²) in [5.74, 6) is 0.798. The normalized spacial score (nSPS) is 12.6. The molecule has 120 valence electrons. The van der Waals surface area contributed by atoms with E-state index in [2.05, 4.69) is 11.8 Å². The van der Waals surface area contributed by atoms with Crippen molar-refractivity contribution in [2.75, 3.05) is 19.7 Å². The summed E-state index contributed by atoms with van der Waals surface area (Å²) in [6, 6.07) is 11.8. The van der Waals surface area contributed by atoms with Crippen LogP contribution in [0.5, 0.6) is 5.75 Å². The van der Waals surface area contributed by atoms with E-state index in [1.165, 1.54) is 4.88 Å². The Bertz CT molecular complexity index is 588. The lowest BCUT2D eigenvalue weighted by Crippen LogP contribution is -2.35. The maximum absolute atomic E-state index is 10.2. The van der Waals surface area contributed by atoms with E-state index in [0.29, 0.717) is 13.2 Å². The van der Waals surface area contributed by atoms with Gasteiger partial charge in [0.15, 0.2) is 0 Å². The lowest BCUT2D eigenvalue weighted by molar-refractivity contribution is 0.0678. The molecule has 0 spiro atoms. The molecular formula is C17H22ClNO2S. The molecule has 1 aromatic heterocycles. The minimum Gasteiger partial charge on any atom is -0.491 e. The highest BCUT2D eigenvalue weighted by atomic mass is 35.5. The summed E-state index contributed by atoms with van der Waals surface area (Å²) in [5.41, 5.74) is 1.15. The summed E-state index contributed by atoms with van der Waals surface area (Å²) in [7, 11) is 0. The summed E-state index contributed by atoms with van der Waals surface area (Å²) < 4.78 is 6.45. The smallest absolute Gasteiger partial charge is 0.119 e. The molecule has 0 saturated carbocycles. The second kappa shape index (κ2) is 8.53. The first-order chi connectivity index (χ1) is 10.6. The molecule has 1 unspecified atom stereocenters. The SMILES string of the molecule is CCN(Cc1ccc(Cl)s1)CC(O)COc1cccc(C)c1. The fourth-order valence-electron chi connectivity index (χ4n) is 2.21. The quantitative estimate of drug-likeness (QED) is 0.789. The first-order valence-electron chi connectivity index (χ1n) is 7.41. The first kappa shape index (κ1) is 17.3. The Kier molecular flexibility index (Phi) is 6.70. The number of aliphatic hydroxyl groups is 1. The molecule has 0 saturated heterocycles. The van der Waals surface area contributed by atoms with Gasteiger partial charge in [0.2, 0.25) is 0 Å². The van der Waals surface area contributed by atoms with E-state index in [1.54, 1.807) is 11.3 Å². The summed E-state index contributed by atoms with van der Waals surface area (Å²) >= 11 is 7.53. The fourth-order valence-corrected chi connectivity index (χ4v) is 3.34. The molecule has 22 heavy (non-hydrogen) atoms. The number of nitrogens with zero attached hydrogens (tertiary/aromatic N) is 1. The molecule has 3 nitrogen and oxygen atoms in total. The van der Waals surface area contributed by atoms with Crippen molar-refractivity contribution in [3.8, 4) is 5.75 Å². The second-order valence-corrected chi connectivity index (χ2v) is 7.11. The van der Waals surface area contributed by atoms with Crippen LogP contribution < -0.4 is 4.74 Å². The Hall–Kier alpha value is -1.07. The largest absolute Gasteiger partial charge is 0.491 e. The number of likely N-dealkylation sites (N-methyl/N-ethyl adjacent to an activating group) is 1. The standard InChI is InChI=1S/C17H22ClNO2S/c1-3-19(11-16-7-8-17(18)22-16)10-14(20)12-21-15-6-4-5-13(2)9-15/h4-9,14,20H,3,10-12H2,1-2H3. The Balaban J connectivity index is 1.80. The number of halogens is 1. The van der Waals surface area contributed by atoms with E-state index >= 15 is 0 Å². The van der Waals surface area contributed by atoms with Crippen molar-refractivity contribution in [3.05, 3.63) is 51.2 Å². The van der Waals surface area contributed by atoms with Crippen LogP contribution in [0.15, 0.2) is 36.4 Å². The third kappa shape index (κ3) is 5.61. The lowest BCUT2D eigenvalue weighted by atomic mass is 10.2. The predicted molar refractivity (Wildman–Crippen MR) is 93.0 cm³/mol. The van der Waals surface area contributed by atoms with E-state index < -0.39 is 6.10 Å². The van der Waals surface area contributed by atoms with Gasteiger partial charge in [0.05, 0.1) is 4.34 Å². The van der Waals surface area contributed by atoms with E-state index in [9.17, 15) is 5.11 Å². The van der Waals surface area contributed by atoms with Gasteiger partial charge in [-0.15, -0.1) is 11.3 Å². The molecule has 2 aromatic rings. The number of rotatable bonds is 8. The second-order valence-electron chi connectivity index (χ2n) is 5.31. The van der Waals surface area contributed by atoms with Crippen molar-refractivity contribution < 1.29 is 9.84 Å². The van der Waals surface area contributed by atoms with Crippen LogP contribution in [-0.4, -0.2) is 35.8 Å². The van der Waals surface area contributed by atoms with Gasteiger partial charge in [-0.2, -0.15) is 0 Å². The van der Waals surface area contributed by atoms with Crippen molar-refractivity contribution in [1.82, 2.24) is 4.90 Å². The Labute approximate surface area is 141 Å². The average molecular weight is 340 g/mol. The maximum atomic E-state index is 10.2. The zero-order valence-electron chi connectivity index (χ0n) is 13.0. The van der Waals surface area contributed by atoms with Crippen LogP contribution in [0.4, 0.5) is 0 Å². The number of aryl methyl sites for hydroxylation is 1. The zero-order chi connectivity index (χ0) is 15.9. The van der Waals surface area contributed by atoms with Crippen LogP contribution in [0.1, 0.15) is 17.4 Å². The molecule has 1 aromatic carbocycles. The van der Waals surface area contributed by atoms with Gasteiger partial charge in [0.25, 0.3) is 0 Å². The van der Waals surface area contributed by atoms with E-state index in [1.807, 2.05) is 43.3 Å². The minimum atomic E-state index is -0.518. The minimum absolute atomic E-state index is 0.297. The van der Waals surface area contributed by atoms with Gasteiger partial charge in [-0.1, -0.05) is 30.7 Å². The number of benzene rings is 1. The summed E-state index contributed by atoms with van der Waals surface area (Å²) in [4.78, 5) is 3.39. The highest BCUT2D eigenvalue weighted by Crippen LogP contribution is 2.22. The van der Waals surface area contributed by atoms with Crippen LogP contribution in [0.2, 0.25) is 4.34 Å². The molecule has 1 heterocycles. The van der Waals surface area contributed by atoms with Crippen molar-refractivity contribution in [2.45, 2.75) is 26.5 Å². The topological polar surface area (TPSA) is 32.7 Å². The molecular weight excluding hydrogens is 318 g/mol. The molecule has 0 bridgehead atoms. The number of aliphatic hydroxyl groups excluding tert-OH is 1. The predicted octanol–water partition coefficient (Wildman–Crippen LogP) is 3.97. The molecule has 0 radical (unpaired) electrons. The van der Waals surface area contributed by atoms with E-state index in [4.69, 9.17) is 16.3 Å². The molecule has 2 rings (SSSR count). The van der Waals surface area contributed by atoms with Crippen LogP contribution >= 0.6 is 22.9 Å². The van der Waals surface area contributed by atoms with E-state index in [-0.39, 0.29) is 0 Å². The maximum Gasteiger partial charge on any atom is 0.119 e. The van der Waals surface area contributed by atoms with Crippen LogP contribution in [0, 0.1) is 6.92 Å². The van der Waals surface area contributed by atoms with Gasteiger partial charge in [-0.05, 0) is 43.3 Å². The Morgan fingerprint density at radius 2 is 2.14 bits per heavy atom. The molecule has 0 aliphatic rings.